The number of allylic oxidation sites excluding steroid dienone is 2. The van der Waals surface area contributed by atoms with E-state index >= 15 is 0 Å². The average molecular weight is 615 g/mol. The fraction of sp³-hybridized carbons (Fsp3) is 0.333. The lowest BCUT2D eigenvalue weighted by Gasteiger charge is -2.50. The molecule has 3 fully saturated rings. The first-order valence-electron chi connectivity index (χ1n) is 12.3. The molecule has 2 heterocycles. The van der Waals surface area contributed by atoms with Crippen LogP contribution < -0.4 is 4.90 Å². The molecule has 2 aromatic carbocycles. The Morgan fingerprint density at radius 3 is 2.10 bits per heavy atom. The van der Waals surface area contributed by atoms with E-state index in [4.69, 9.17) is 23.2 Å². The van der Waals surface area contributed by atoms with E-state index in [2.05, 4.69) is 0 Å². The third kappa shape index (κ3) is 3.25. The maximum atomic E-state index is 14.9. The Balaban J connectivity index is 1.61. The Kier molecular flexibility index (Phi) is 5.90. The molecule has 2 aromatic rings. The van der Waals surface area contributed by atoms with E-state index in [-0.39, 0.29) is 22.6 Å². The number of hydrogen-bond donors (Lipinski definition) is 1. The van der Waals surface area contributed by atoms with Crippen LogP contribution in [-0.2, 0) is 19.2 Å². The molecule has 2 aliphatic carbocycles. The number of fused-ring (bicyclic) bond motifs is 4. The number of phenolic OH excluding ortho intramolecular Hbond substituents is 1. The summed E-state index contributed by atoms with van der Waals surface area (Å²) in [6.07, 6.45) is 1.04. The van der Waals surface area contributed by atoms with Crippen LogP contribution in [0.4, 0.5) is 27.6 Å². The predicted molar refractivity (Wildman–Crippen MR) is 132 cm³/mol. The van der Waals surface area contributed by atoms with Crippen LogP contribution in [0, 0.1) is 46.8 Å². The lowest BCUT2D eigenvalue weighted by Crippen LogP contribution is -2.60. The summed E-state index contributed by atoms with van der Waals surface area (Å²) in [5.41, 5.74) is -1.42. The van der Waals surface area contributed by atoms with Gasteiger partial charge in [0.05, 0.1) is 11.8 Å². The van der Waals surface area contributed by atoms with Gasteiger partial charge >= 0.3 is 0 Å². The van der Waals surface area contributed by atoms with Gasteiger partial charge < -0.3 is 5.11 Å². The second kappa shape index (κ2) is 8.75. The predicted octanol–water partition coefficient (Wildman–Crippen LogP) is 4.28. The lowest BCUT2D eigenvalue weighted by molar-refractivity contribution is -0.138. The Labute approximate surface area is 238 Å². The molecule has 7 nitrogen and oxygen atoms in total. The highest BCUT2D eigenvalue weighted by Crippen LogP contribution is 2.66. The minimum atomic E-state index is -2.62. The molecule has 14 heteroatoms. The Morgan fingerprint density at radius 2 is 1.49 bits per heavy atom. The van der Waals surface area contributed by atoms with Gasteiger partial charge in [0.2, 0.25) is 17.6 Å². The average Bonchev–Trinajstić information content (AvgIpc) is 3.24. The van der Waals surface area contributed by atoms with Crippen LogP contribution in [-0.4, -0.2) is 50.4 Å². The number of phenols is 1. The topological polar surface area (TPSA) is 95.0 Å². The minimum absolute atomic E-state index is 0.0481. The molecule has 0 radical (unpaired) electrons. The van der Waals surface area contributed by atoms with Crippen molar-refractivity contribution in [1.82, 2.24) is 4.90 Å². The second-order valence-electron chi connectivity index (χ2n) is 10.5. The normalized spacial score (nSPS) is 32.7. The summed E-state index contributed by atoms with van der Waals surface area (Å²) in [5.74, 6) is -21.0. The Bertz CT molecular complexity index is 1620. The van der Waals surface area contributed by atoms with Gasteiger partial charge in [0.15, 0.2) is 33.0 Å². The molecular formula is C27H17Cl2F5N2O5. The fourth-order valence-corrected chi connectivity index (χ4v) is 7.74. The van der Waals surface area contributed by atoms with Crippen LogP contribution in [0.25, 0.3) is 0 Å². The Morgan fingerprint density at radius 1 is 0.878 bits per heavy atom. The third-order valence-corrected chi connectivity index (χ3v) is 10.1. The number of imide groups is 2. The number of aromatic hydroxyl groups is 1. The number of likely N-dealkylation sites (tertiary alicyclic amines) is 1. The van der Waals surface area contributed by atoms with Crippen molar-refractivity contribution in [3.05, 3.63) is 70.6 Å². The molecule has 1 saturated carbocycles. The van der Waals surface area contributed by atoms with Gasteiger partial charge in [-0.15, -0.1) is 23.2 Å². The van der Waals surface area contributed by atoms with Crippen molar-refractivity contribution in [2.75, 3.05) is 11.9 Å². The summed E-state index contributed by atoms with van der Waals surface area (Å²) in [7, 11) is 1.29. The van der Waals surface area contributed by atoms with Crippen LogP contribution in [0.5, 0.6) is 5.75 Å². The van der Waals surface area contributed by atoms with Crippen LogP contribution in [0.1, 0.15) is 24.3 Å². The molecule has 2 aliphatic heterocycles. The Hall–Kier alpha value is -3.51. The van der Waals surface area contributed by atoms with Crippen molar-refractivity contribution in [3.8, 4) is 5.75 Å². The van der Waals surface area contributed by atoms with Crippen LogP contribution in [0.2, 0.25) is 0 Å². The number of benzene rings is 2. The first kappa shape index (κ1) is 27.6. The van der Waals surface area contributed by atoms with E-state index in [1.54, 1.807) is 6.08 Å². The fourth-order valence-electron chi connectivity index (χ4n) is 6.80. The third-order valence-electron chi connectivity index (χ3n) is 8.65. The zero-order valence-electron chi connectivity index (χ0n) is 20.7. The number of hydrogen-bond acceptors (Lipinski definition) is 5. The van der Waals surface area contributed by atoms with Gasteiger partial charge in [-0.2, -0.15) is 0 Å². The van der Waals surface area contributed by atoms with Crippen LogP contribution in [0.15, 0.2) is 35.9 Å². The van der Waals surface area contributed by atoms with E-state index in [0.717, 1.165) is 4.90 Å². The van der Waals surface area contributed by atoms with Crippen LogP contribution in [0.3, 0.4) is 0 Å². The summed E-state index contributed by atoms with van der Waals surface area (Å²) in [4.78, 5) is 49.4. The van der Waals surface area contributed by atoms with E-state index in [1.807, 2.05) is 0 Å². The summed E-state index contributed by atoms with van der Waals surface area (Å²) >= 11 is 13.9. The molecule has 4 amide bonds. The van der Waals surface area contributed by atoms with Gasteiger partial charge in [-0.25, -0.2) is 26.9 Å². The van der Waals surface area contributed by atoms with Crippen molar-refractivity contribution in [1.29, 1.82) is 0 Å². The molecule has 0 aromatic heterocycles. The van der Waals surface area contributed by atoms with Crippen molar-refractivity contribution < 1.29 is 46.2 Å². The summed E-state index contributed by atoms with van der Waals surface area (Å²) in [6.45, 7) is 0. The standard InChI is InChI=1S/C27H17Cl2F5N2O5/c1-35-22(38)12-6-5-11-13(14(12)23(35)39)8-26(28)24(40)36(21-19(33)17(31)16(30)18(32)20(21)34)25(41)27(26,29)15(11)9-3-2-4-10(37)7-9/h2-5,7,12-15,37H,6,8H2,1H3/t12-,13+,14-,15-,26+,27-/m0/s1. The van der Waals surface area contributed by atoms with Gasteiger partial charge in [0.25, 0.3) is 11.8 Å². The van der Waals surface area contributed by atoms with E-state index < -0.39 is 98.2 Å². The first-order chi connectivity index (χ1) is 19.2. The van der Waals surface area contributed by atoms with Crippen molar-refractivity contribution >= 4 is 52.5 Å². The molecule has 6 rings (SSSR count). The number of nitrogens with zero attached hydrogens (tertiary/aromatic N) is 2. The number of carbonyl (C=O) groups is 4. The number of anilines is 1. The molecule has 214 valence electrons. The molecule has 1 N–H and O–H groups in total. The molecule has 0 spiro atoms. The molecule has 0 unspecified atom stereocenters. The quantitative estimate of drug-likeness (QED) is 0.136. The smallest absolute Gasteiger partial charge is 0.258 e. The number of rotatable bonds is 2. The second-order valence-corrected chi connectivity index (χ2v) is 11.8. The van der Waals surface area contributed by atoms with Crippen molar-refractivity contribution in [3.63, 3.8) is 0 Å². The van der Waals surface area contributed by atoms with Gasteiger partial charge in [-0.05, 0) is 36.5 Å². The monoisotopic (exact) mass is 614 g/mol. The summed E-state index contributed by atoms with van der Waals surface area (Å²) < 4.78 is 72.0. The minimum Gasteiger partial charge on any atom is -0.508 e. The number of carbonyl (C=O) groups excluding carboxylic acids is 4. The van der Waals surface area contributed by atoms with Gasteiger partial charge in [-0.3, -0.25) is 24.1 Å². The highest BCUT2D eigenvalue weighted by Gasteiger charge is 2.77. The zero-order valence-corrected chi connectivity index (χ0v) is 22.2. The van der Waals surface area contributed by atoms with Gasteiger partial charge in [-0.1, -0.05) is 23.8 Å². The number of alkyl halides is 2. The largest absolute Gasteiger partial charge is 0.508 e. The van der Waals surface area contributed by atoms with Crippen molar-refractivity contribution in [2.45, 2.75) is 28.5 Å². The first-order valence-corrected chi connectivity index (χ1v) is 13.0. The number of halogens is 7. The van der Waals surface area contributed by atoms with E-state index in [1.165, 1.54) is 31.3 Å². The molecule has 4 aliphatic rings. The SMILES string of the molecule is CN1C(=O)[C@H]2[C@H](CC=C3[C@H]2C[C@@]2(Cl)C(=O)N(c4c(F)c(F)c(F)c(F)c4F)C(=O)[C@@]2(Cl)[C@H]3c2cccc(O)c2)C1=O. The molecule has 2 saturated heterocycles. The maximum absolute atomic E-state index is 14.9. The highest BCUT2D eigenvalue weighted by atomic mass is 35.5. The van der Waals surface area contributed by atoms with Gasteiger partial charge in [0.1, 0.15) is 11.4 Å². The molecule has 6 atom stereocenters. The zero-order chi connectivity index (χ0) is 29.9. The highest BCUT2D eigenvalue weighted by molar-refractivity contribution is 6.58. The number of amides is 4. The molecular weight excluding hydrogens is 598 g/mol. The lowest BCUT2D eigenvalue weighted by atomic mass is 9.56. The molecule has 41 heavy (non-hydrogen) atoms. The molecule has 0 bridgehead atoms. The van der Waals surface area contributed by atoms with E-state index in [9.17, 15) is 46.2 Å². The van der Waals surface area contributed by atoms with Crippen LogP contribution >= 0.6 is 23.2 Å². The maximum Gasteiger partial charge on any atom is 0.258 e. The summed E-state index contributed by atoms with van der Waals surface area (Å²) in [6, 6.07) is 5.31. The van der Waals surface area contributed by atoms with E-state index in [0.29, 0.717) is 5.57 Å². The van der Waals surface area contributed by atoms with Crippen molar-refractivity contribution in [2.24, 2.45) is 17.8 Å². The van der Waals surface area contributed by atoms with Gasteiger partial charge in [0, 0.05) is 13.0 Å². The summed E-state index contributed by atoms with van der Waals surface area (Å²) in [5, 5.41) is 10.2.